The molecule has 9 heteroatoms. The standard InChI is InChI=1S/C8H7IN6O2/c9-5-2-1-4(16-5)3-12-13-7(10)6-8(11)15-17-14-6/h1-3H,(H2,10,13)(H2,11,15). The predicted octanol–water partition coefficient (Wildman–Crippen LogP) is 0.589. The summed E-state index contributed by atoms with van der Waals surface area (Å²) in [5.74, 6) is 0.646. The van der Waals surface area contributed by atoms with Crippen LogP contribution in [-0.4, -0.2) is 22.4 Å². The Hall–Kier alpha value is -1.91. The first kappa shape index (κ1) is 11.6. The smallest absolute Gasteiger partial charge is 0.199 e. The summed E-state index contributed by atoms with van der Waals surface area (Å²) in [5.41, 5.74) is 11.2. The lowest BCUT2D eigenvalue weighted by Crippen LogP contribution is -2.15. The van der Waals surface area contributed by atoms with Crippen LogP contribution < -0.4 is 11.5 Å². The molecule has 0 aliphatic heterocycles. The highest BCUT2D eigenvalue weighted by Crippen LogP contribution is 2.08. The zero-order chi connectivity index (χ0) is 12.3. The first-order valence-electron chi connectivity index (χ1n) is 4.37. The third-order valence-electron chi connectivity index (χ3n) is 1.70. The second-order valence-corrected chi connectivity index (χ2v) is 3.93. The van der Waals surface area contributed by atoms with E-state index in [4.69, 9.17) is 15.9 Å². The summed E-state index contributed by atoms with van der Waals surface area (Å²) in [5, 5.41) is 14.3. The number of aromatic nitrogens is 2. The molecule has 0 saturated carbocycles. The van der Waals surface area contributed by atoms with Crippen molar-refractivity contribution in [1.29, 1.82) is 0 Å². The molecule has 4 N–H and O–H groups in total. The van der Waals surface area contributed by atoms with Crippen LogP contribution in [0.25, 0.3) is 0 Å². The fourth-order valence-corrected chi connectivity index (χ4v) is 1.40. The van der Waals surface area contributed by atoms with Crippen molar-refractivity contribution < 1.29 is 9.05 Å². The van der Waals surface area contributed by atoms with E-state index >= 15 is 0 Å². The molecule has 0 aliphatic rings. The number of halogens is 1. The first-order valence-corrected chi connectivity index (χ1v) is 5.45. The number of nitrogens with zero attached hydrogens (tertiary/aromatic N) is 4. The van der Waals surface area contributed by atoms with Crippen LogP contribution in [0.4, 0.5) is 5.82 Å². The van der Waals surface area contributed by atoms with Crippen molar-refractivity contribution in [3.63, 3.8) is 0 Å². The predicted molar refractivity (Wildman–Crippen MR) is 68.5 cm³/mol. The SMILES string of the molecule is N/C(=N\N=Cc1ccc(I)o1)c1nonc1N. The van der Waals surface area contributed by atoms with E-state index in [0.717, 1.165) is 3.77 Å². The lowest BCUT2D eigenvalue weighted by atomic mass is 10.4. The fraction of sp³-hybridized carbons (Fsp3) is 0. The van der Waals surface area contributed by atoms with Crippen molar-refractivity contribution in [2.24, 2.45) is 15.9 Å². The van der Waals surface area contributed by atoms with E-state index in [0.29, 0.717) is 5.76 Å². The Balaban J connectivity index is 2.11. The summed E-state index contributed by atoms with van der Waals surface area (Å²) in [6, 6.07) is 3.55. The van der Waals surface area contributed by atoms with Gasteiger partial charge in [0.05, 0.1) is 6.21 Å². The van der Waals surface area contributed by atoms with Gasteiger partial charge in [-0.2, -0.15) is 5.10 Å². The van der Waals surface area contributed by atoms with Crippen LogP contribution in [0.15, 0.2) is 31.4 Å². The van der Waals surface area contributed by atoms with Crippen molar-refractivity contribution in [1.82, 2.24) is 10.3 Å². The largest absolute Gasteiger partial charge is 0.449 e. The average Bonchev–Trinajstić information content (AvgIpc) is 2.87. The van der Waals surface area contributed by atoms with Crippen LogP contribution >= 0.6 is 22.6 Å². The summed E-state index contributed by atoms with van der Waals surface area (Å²) in [7, 11) is 0. The molecule has 0 atom stereocenters. The van der Waals surface area contributed by atoms with Gasteiger partial charge in [-0.15, -0.1) is 5.10 Å². The number of furan rings is 1. The summed E-state index contributed by atoms with van der Waals surface area (Å²) in [4.78, 5) is 0. The zero-order valence-electron chi connectivity index (χ0n) is 8.37. The molecule has 0 bridgehead atoms. The van der Waals surface area contributed by atoms with Crippen LogP contribution in [-0.2, 0) is 0 Å². The highest BCUT2D eigenvalue weighted by atomic mass is 127. The molecule has 2 heterocycles. The van der Waals surface area contributed by atoms with E-state index in [2.05, 4.69) is 25.1 Å². The molecule has 2 aromatic rings. The van der Waals surface area contributed by atoms with Crippen LogP contribution in [0.5, 0.6) is 0 Å². The molecular weight excluding hydrogens is 339 g/mol. The number of anilines is 1. The van der Waals surface area contributed by atoms with Crippen LogP contribution in [0.3, 0.4) is 0 Å². The van der Waals surface area contributed by atoms with Gasteiger partial charge < -0.3 is 15.9 Å². The van der Waals surface area contributed by atoms with E-state index in [-0.39, 0.29) is 17.3 Å². The van der Waals surface area contributed by atoms with Crippen LogP contribution in [0, 0.1) is 3.77 Å². The number of hydrogen-bond acceptors (Lipinski definition) is 7. The third-order valence-corrected chi connectivity index (χ3v) is 2.28. The molecule has 0 saturated heterocycles. The van der Waals surface area contributed by atoms with Gasteiger partial charge in [0.15, 0.2) is 21.1 Å². The molecule has 0 aliphatic carbocycles. The van der Waals surface area contributed by atoms with Gasteiger partial charge in [-0.1, -0.05) is 0 Å². The molecule has 0 aromatic carbocycles. The molecule has 88 valence electrons. The number of rotatable bonds is 3. The van der Waals surface area contributed by atoms with Gasteiger partial charge >= 0.3 is 0 Å². The van der Waals surface area contributed by atoms with Gasteiger partial charge in [0, 0.05) is 0 Å². The molecule has 17 heavy (non-hydrogen) atoms. The number of hydrogen-bond donors (Lipinski definition) is 2. The highest BCUT2D eigenvalue weighted by molar-refractivity contribution is 14.1. The fourth-order valence-electron chi connectivity index (χ4n) is 0.966. The molecule has 0 fully saturated rings. The maximum absolute atomic E-state index is 5.57. The maximum atomic E-state index is 5.57. The molecular formula is C8H7IN6O2. The van der Waals surface area contributed by atoms with Gasteiger partial charge in [-0.3, -0.25) is 0 Å². The minimum Gasteiger partial charge on any atom is -0.449 e. The highest BCUT2D eigenvalue weighted by Gasteiger charge is 2.09. The first-order chi connectivity index (χ1) is 8.16. The van der Waals surface area contributed by atoms with Crippen molar-refractivity contribution in [2.45, 2.75) is 0 Å². The van der Waals surface area contributed by atoms with Gasteiger partial charge in [-0.25, -0.2) is 4.63 Å². The summed E-state index contributed by atoms with van der Waals surface area (Å²) < 4.78 is 10.4. The Bertz CT molecular complexity index is 572. The molecule has 2 rings (SSSR count). The number of amidine groups is 1. The van der Waals surface area contributed by atoms with Crippen molar-refractivity contribution in [3.8, 4) is 0 Å². The van der Waals surface area contributed by atoms with E-state index in [1.807, 2.05) is 22.6 Å². The monoisotopic (exact) mass is 346 g/mol. The zero-order valence-corrected chi connectivity index (χ0v) is 10.5. The van der Waals surface area contributed by atoms with Crippen molar-refractivity contribution >= 4 is 40.5 Å². The maximum Gasteiger partial charge on any atom is 0.199 e. The Morgan fingerprint density at radius 2 is 2.24 bits per heavy atom. The van der Waals surface area contributed by atoms with Crippen LogP contribution in [0.1, 0.15) is 11.5 Å². The minimum atomic E-state index is 0.0150. The van der Waals surface area contributed by atoms with E-state index in [1.165, 1.54) is 6.21 Å². The van der Waals surface area contributed by atoms with Gasteiger partial charge in [0.25, 0.3) is 0 Å². The Morgan fingerprint density at radius 3 is 2.82 bits per heavy atom. The van der Waals surface area contributed by atoms with E-state index in [9.17, 15) is 0 Å². The summed E-state index contributed by atoms with van der Waals surface area (Å²) in [6.45, 7) is 0. The van der Waals surface area contributed by atoms with Gasteiger partial charge in [-0.05, 0) is 45.0 Å². The molecule has 2 aromatic heterocycles. The van der Waals surface area contributed by atoms with E-state index < -0.39 is 0 Å². The quantitative estimate of drug-likeness (QED) is 0.362. The second kappa shape index (κ2) is 4.95. The molecule has 0 spiro atoms. The Morgan fingerprint density at radius 1 is 1.41 bits per heavy atom. The van der Waals surface area contributed by atoms with Crippen LogP contribution in [0.2, 0.25) is 0 Å². The second-order valence-electron chi connectivity index (χ2n) is 2.87. The molecule has 8 nitrogen and oxygen atoms in total. The van der Waals surface area contributed by atoms with Crippen molar-refractivity contribution in [3.05, 3.63) is 27.4 Å². The molecule has 0 unspecified atom stereocenters. The third kappa shape index (κ3) is 2.81. The van der Waals surface area contributed by atoms with Gasteiger partial charge in [0.2, 0.25) is 0 Å². The Kier molecular flexibility index (Phi) is 3.37. The van der Waals surface area contributed by atoms with Gasteiger partial charge in [0.1, 0.15) is 5.76 Å². The number of nitrogens with two attached hydrogens (primary N) is 2. The Labute approximate surface area is 109 Å². The normalized spacial score (nSPS) is 12.4. The lowest BCUT2D eigenvalue weighted by molar-refractivity contribution is 0.308. The lowest BCUT2D eigenvalue weighted by Gasteiger charge is -1.90. The topological polar surface area (TPSA) is 129 Å². The average molecular weight is 346 g/mol. The summed E-state index contributed by atoms with van der Waals surface area (Å²) >= 11 is 2.04. The van der Waals surface area contributed by atoms with Crippen molar-refractivity contribution in [2.75, 3.05) is 5.73 Å². The molecule has 0 amide bonds. The minimum absolute atomic E-state index is 0.0150. The summed E-state index contributed by atoms with van der Waals surface area (Å²) in [6.07, 6.45) is 1.42. The van der Waals surface area contributed by atoms with E-state index in [1.54, 1.807) is 12.1 Å². The number of nitrogen functional groups attached to an aromatic ring is 1. The molecule has 0 radical (unpaired) electrons.